The maximum atomic E-state index is 9.38. The largest absolute Gasteiger partial charge is 0.392 e. The number of aliphatic hydroxyl groups excluding tert-OH is 1. The van der Waals surface area contributed by atoms with Gasteiger partial charge in [-0.05, 0) is 33.5 Å². The van der Waals surface area contributed by atoms with Crippen molar-refractivity contribution in [2.24, 2.45) is 0 Å². The Morgan fingerprint density at radius 3 is 1.19 bits per heavy atom. The number of halogens is 1. The monoisotopic (exact) mass is 389 g/mol. The Morgan fingerprint density at radius 1 is 0.577 bits per heavy atom. The molecular weight excluding hydrogens is 342 g/mol. The van der Waals surface area contributed by atoms with E-state index in [0.29, 0.717) is 5.88 Å². The molecule has 3 heteroatoms. The SMILES string of the molecule is CN(C)CCCCCCCCCCCCCCCCCCCC(O)CCl. The summed E-state index contributed by atoms with van der Waals surface area (Å²) < 4.78 is 0. The first-order valence-corrected chi connectivity index (χ1v) is 12.1. The highest BCUT2D eigenvalue weighted by Gasteiger charge is 2.00. The molecule has 0 aliphatic rings. The average Bonchev–Trinajstić information content (AvgIpc) is 2.63. The Morgan fingerprint density at radius 2 is 0.885 bits per heavy atom. The average molecular weight is 390 g/mol. The van der Waals surface area contributed by atoms with Gasteiger partial charge in [0.2, 0.25) is 0 Å². The molecule has 2 nitrogen and oxygen atoms in total. The topological polar surface area (TPSA) is 23.5 Å². The van der Waals surface area contributed by atoms with Gasteiger partial charge in [-0.2, -0.15) is 0 Å². The molecule has 0 saturated carbocycles. The minimum atomic E-state index is -0.287. The Labute approximate surface area is 170 Å². The van der Waals surface area contributed by atoms with Crippen molar-refractivity contribution in [3.05, 3.63) is 0 Å². The molecule has 0 aliphatic heterocycles. The van der Waals surface area contributed by atoms with E-state index < -0.39 is 0 Å². The fourth-order valence-corrected chi connectivity index (χ4v) is 3.69. The number of nitrogens with zero attached hydrogens (tertiary/aromatic N) is 1. The molecule has 0 rings (SSSR count). The number of hydrogen-bond acceptors (Lipinski definition) is 2. The second kappa shape index (κ2) is 21.5. The van der Waals surface area contributed by atoms with E-state index in [4.69, 9.17) is 11.6 Å². The van der Waals surface area contributed by atoms with Crippen LogP contribution >= 0.6 is 11.6 Å². The van der Waals surface area contributed by atoms with E-state index in [1.54, 1.807) is 0 Å². The van der Waals surface area contributed by atoms with Crippen LogP contribution in [0.25, 0.3) is 0 Å². The Bertz CT molecular complexity index is 261. The van der Waals surface area contributed by atoms with Crippen molar-refractivity contribution in [2.75, 3.05) is 26.5 Å². The van der Waals surface area contributed by atoms with Crippen LogP contribution in [0.5, 0.6) is 0 Å². The van der Waals surface area contributed by atoms with Gasteiger partial charge >= 0.3 is 0 Å². The van der Waals surface area contributed by atoms with Gasteiger partial charge in [0.25, 0.3) is 0 Å². The van der Waals surface area contributed by atoms with Crippen molar-refractivity contribution in [2.45, 2.75) is 122 Å². The molecule has 0 saturated heterocycles. The van der Waals surface area contributed by atoms with Crippen LogP contribution < -0.4 is 0 Å². The minimum absolute atomic E-state index is 0.287. The van der Waals surface area contributed by atoms with Crippen molar-refractivity contribution in [1.29, 1.82) is 0 Å². The third-order valence-electron chi connectivity index (χ3n) is 5.32. The second-order valence-corrected chi connectivity index (χ2v) is 8.72. The summed E-state index contributed by atoms with van der Waals surface area (Å²) >= 11 is 5.59. The molecule has 1 N–H and O–H groups in total. The third kappa shape index (κ3) is 22.3. The van der Waals surface area contributed by atoms with Crippen molar-refractivity contribution in [1.82, 2.24) is 4.90 Å². The van der Waals surface area contributed by atoms with E-state index in [2.05, 4.69) is 19.0 Å². The summed E-state index contributed by atoms with van der Waals surface area (Å²) in [6.45, 7) is 1.25. The lowest BCUT2D eigenvalue weighted by molar-refractivity contribution is 0.183. The molecule has 1 unspecified atom stereocenters. The minimum Gasteiger partial charge on any atom is -0.392 e. The van der Waals surface area contributed by atoms with Crippen molar-refractivity contribution in [3.8, 4) is 0 Å². The molecule has 1 atom stereocenters. The Balaban J connectivity index is 3.01. The molecule has 0 radical (unpaired) electrons. The summed E-state index contributed by atoms with van der Waals surface area (Å²) in [5.74, 6) is 0.386. The molecule has 0 aromatic heterocycles. The predicted molar refractivity (Wildman–Crippen MR) is 118 cm³/mol. The van der Waals surface area contributed by atoms with Crippen LogP contribution in [0.3, 0.4) is 0 Å². The van der Waals surface area contributed by atoms with Crippen LogP contribution in [-0.2, 0) is 0 Å². The van der Waals surface area contributed by atoms with Crippen LogP contribution in [-0.4, -0.2) is 42.6 Å². The molecule has 0 bridgehead atoms. The van der Waals surface area contributed by atoms with Gasteiger partial charge in [-0.15, -0.1) is 11.6 Å². The zero-order chi connectivity index (χ0) is 19.3. The van der Waals surface area contributed by atoms with Gasteiger partial charge in [-0.1, -0.05) is 103 Å². The molecular formula is C23H48ClNO. The van der Waals surface area contributed by atoms with Gasteiger partial charge in [0, 0.05) is 5.88 Å². The fourth-order valence-electron chi connectivity index (χ4n) is 3.54. The Hall–Kier alpha value is 0.210. The second-order valence-electron chi connectivity index (χ2n) is 8.41. The number of unbranched alkanes of at least 4 members (excludes halogenated alkanes) is 16. The first-order chi connectivity index (χ1) is 12.7. The molecule has 0 aromatic rings. The third-order valence-corrected chi connectivity index (χ3v) is 5.68. The molecule has 0 amide bonds. The van der Waals surface area contributed by atoms with E-state index in [1.165, 1.54) is 109 Å². The predicted octanol–water partition coefficient (Wildman–Crippen LogP) is 7.17. The summed E-state index contributed by atoms with van der Waals surface area (Å²) in [6, 6.07) is 0. The van der Waals surface area contributed by atoms with Gasteiger partial charge in [-0.3, -0.25) is 0 Å². The summed E-state index contributed by atoms with van der Waals surface area (Å²) in [6.07, 6.45) is 24.2. The van der Waals surface area contributed by atoms with Gasteiger partial charge in [0.1, 0.15) is 0 Å². The number of hydrogen-bond donors (Lipinski definition) is 1. The van der Waals surface area contributed by atoms with Crippen LogP contribution in [0.2, 0.25) is 0 Å². The first-order valence-electron chi connectivity index (χ1n) is 11.6. The van der Waals surface area contributed by atoms with Gasteiger partial charge in [-0.25, -0.2) is 0 Å². The van der Waals surface area contributed by atoms with Crippen molar-refractivity contribution in [3.63, 3.8) is 0 Å². The first kappa shape index (κ1) is 26.2. The smallest absolute Gasteiger partial charge is 0.0675 e. The summed E-state index contributed by atoms with van der Waals surface area (Å²) in [7, 11) is 4.33. The highest BCUT2D eigenvalue weighted by Crippen LogP contribution is 2.14. The van der Waals surface area contributed by atoms with E-state index in [0.717, 1.165) is 12.8 Å². The lowest BCUT2D eigenvalue weighted by Gasteiger charge is -2.08. The molecule has 0 heterocycles. The lowest BCUT2D eigenvalue weighted by atomic mass is 10.0. The van der Waals surface area contributed by atoms with Crippen LogP contribution in [0.15, 0.2) is 0 Å². The molecule has 0 aromatic carbocycles. The van der Waals surface area contributed by atoms with Gasteiger partial charge < -0.3 is 10.0 Å². The highest BCUT2D eigenvalue weighted by atomic mass is 35.5. The van der Waals surface area contributed by atoms with E-state index in [9.17, 15) is 5.11 Å². The zero-order valence-electron chi connectivity index (χ0n) is 18.0. The van der Waals surface area contributed by atoms with Crippen LogP contribution in [0.4, 0.5) is 0 Å². The molecule has 26 heavy (non-hydrogen) atoms. The van der Waals surface area contributed by atoms with E-state index in [1.807, 2.05) is 0 Å². The molecule has 0 aliphatic carbocycles. The lowest BCUT2D eigenvalue weighted by Crippen LogP contribution is -2.12. The van der Waals surface area contributed by atoms with Crippen LogP contribution in [0, 0.1) is 0 Å². The zero-order valence-corrected chi connectivity index (χ0v) is 18.7. The maximum absolute atomic E-state index is 9.38. The molecule has 158 valence electrons. The fraction of sp³-hybridized carbons (Fsp3) is 1.00. The summed E-state index contributed by atoms with van der Waals surface area (Å²) in [5.41, 5.74) is 0. The summed E-state index contributed by atoms with van der Waals surface area (Å²) in [5, 5.41) is 9.38. The molecule has 0 fully saturated rings. The molecule has 0 spiro atoms. The normalized spacial score (nSPS) is 12.8. The van der Waals surface area contributed by atoms with Crippen molar-refractivity contribution >= 4 is 11.6 Å². The van der Waals surface area contributed by atoms with Gasteiger partial charge in [0.15, 0.2) is 0 Å². The quantitative estimate of drug-likeness (QED) is 0.166. The Kier molecular flexibility index (Phi) is 21.7. The number of aliphatic hydroxyl groups is 1. The van der Waals surface area contributed by atoms with Crippen LogP contribution in [0.1, 0.15) is 116 Å². The maximum Gasteiger partial charge on any atom is 0.0675 e. The standard InChI is InChI=1S/C23H48ClNO/c1-25(2)21-19-17-15-13-11-9-7-5-3-4-6-8-10-12-14-16-18-20-23(26)22-24/h23,26H,3-22H2,1-2H3. The van der Waals surface area contributed by atoms with E-state index >= 15 is 0 Å². The summed E-state index contributed by atoms with van der Waals surface area (Å²) in [4.78, 5) is 2.29. The van der Waals surface area contributed by atoms with Crippen molar-refractivity contribution < 1.29 is 5.11 Å². The number of alkyl halides is 1. The highest BCUT2D eigenvalue weighted by molar-refractivity contribution is 6.18. The van der Waals surface area contributed by atoms with E-state index in [-0.39, 0.29) is 6.10 Å². The van der Waals surface area contributed by atoms with Gasteiger partial charge in [0.05, 0.1) is 6.10 Å². The number of rotatable bonds is 21.